The summed E-state index contributed by atoms with van der Waals surface area (Å²) in [5, 5.41) is 0. The standard InChI is InChI=1S/C6H9NO2.C2H3NO.CHNO.3Al.3H/c1-6(2,3)7(4-8)5-9;1-3-2-4;2-1-3;;;;;;/h1-3H3;1H3;(H-,2,3);;;;;;/q;2*-1;;2*+1;;;. The van der Waals surface area contributed by atoms with Crippen LogP contribution in [-0.2, 0) is 0 Å². The van der Waals surface area contributed by atoms with Gasteiger partial charge in [-0.2, -0.15) is 0 Å². The van der Waals surface area contributed by atoms with Crippen LogP contribution in [0.15, 0.2) is 0 Å². The number of rotatable bonds is 3. The molecule has 100 valence electrons. The molecule has 1 aliphatic heterocycles. The number of nitrogens with zero attached hydrogens (tertiary/aromatic N) is 2. The van der Waals surface area contributed by atoms with E-state index in [1.165, 1.54) is 10.9 Å². The fourth-order valence-corrected chi connectivity index (χ4v) is 6.33. The number of hydrogen-bond acceptors (Lipinski definition) is 4. The molecule has 1 aliphatic rings. The van der Waals surface area contributed by atoms with Crippen LogP contribution >= 0.6 is 0 Å². The van der Waals surface area contributed by atoms with Crippen molar-refractivity contribution in [2.75, 3.05) is 7.05 Å². The molecule has 0 radical (unpaired) electrons. The quantitative estimate of drug-likeness (QED) is 0.694. The highest BCUT2D eigenvalue weighted by atomic mass is 27.2. The van der Waals surface area contributed by atoms with E-state index in [9.17, 15) is 19.2 Å². The summed E-state index contributed by atoms with van der Waals surface area (Å²) in [4.78, 5) is 48.4. The Balaban J connectivity index is 2.74. The van der Waals surface area contributed by atoms with Crippen molar-refractivity contribution in [3.05, 3.63) is 0 Å². The van der Waals surface area contributed by atoms with Crippen molar-refractivity contribution in [1.82, 2.24) is 13.1 Å². The van der Waals surface area contributed by atoms with E-state index in [2.05, 4.69) is 4.30 Å². The van der Waals surface area contributed by atoms with E-state index in [1.807, 2.05) is 0 Å². The smallest absolute Gasteiger partial charge is 0.466 e. The Morgan fingerprint density at radius 3 is 2.16 bits per heavy atom. The normalized spacial score (nSPS) is 14.9. The zero-order valence-electron chi connectivity index (χ0n) is 11.8. The average molecular weight is 311 g/mol. The van der Waals surface area contributed by atoms with E-state index < -0.39 is 39.9 Å². The van der Waals surface area contributed by atoms with Gasteiger partial charge < -0.3 is 13.1 Å². The molecule has 1 saturated heterocycles. The zero-order chi connectivity index (χ0) is 15.0. The first-order chi connectivity index (χ1) is 8.61. The molecular formula is C9H16Al3N3O4. The molecule has 0 unspecified atom stereocenters. The Kier molecular flexibility index (Phi) is 5.26. The van der Waals surface area contributed by atoms with Crippen molar-refractivity contribution >= 4 is 65.2 Å². The fraction of sp³-hybridized carbons (Fsp3) is 0.556. The van der Waals surface area contributed by atoms with E-state index in [4.69, 9.17) is 0 Å². The topological polar surface area (TPSA) is 86.8 Å². The molecular weight excluding hydrogens is 295 g/mol. The summed E-state index contributed by atoms with van der Waals surface area (Å²) in [5.41, 5.74) is -0.583. The molecule has 19 heavy (non-hydrogen) atoms. The number of carbonyl (C=O) groups excluding carboxylic acids is 4. The summed E-state index contributed by atoms with van der Waals surface area (Å²) in [6.45, 7) is 5.27. The summed E-state index contributed by atoms with van der Waals surface area (Å²) in [5.74, 6) is 0. The maximum Gasteiger partial charge on any atom is 0.645 e. The van der Waals surface area contributed by atoms with Crippen molar-refractivity contribution in [3.8, 4) is 0 Å². The van der Waals surface area contributed by atoms with Gasteiger partial charge in [-0.05, 0) is 27.8 Å². The highest BCUT2D eigenvalue weighted by molar-refractivity contribution is 7.33. The van der Waals surface area contributed by atoms with E-state index in [-0.39, 0.29) is 14.3 Å². The number of imide groups is 1. The summed E-state index contributed by atoms with van der Waals surface area (Å²) >= 11 is -3.66. The first-order valence-corrected chi connectivity index (χ1v) is 10.0. The first-order valence-electron chi connectivity index (χ1n) is 5.94. The number of amides is 4. The summed E-state index contributed by atoms with van der Waals surface area (Å²) in [6, 6.07) is 0. The second-order valence-electron chi connectivity index (χ2n) is 5.48. The van der Waals surface area contributed by atoms with Gasteiger partial charge in [0, 0.05) is 5.54 Å². The van der Waals surface area contributed by atoms with Crippen LogP contribution < -0.4 is 4.30 Å². The molecule has 0 bridgehead atoms. The largest absolute Gasteiger partial charge is 0.645 e. The number of hydrogen-bond donors (Lipinski definition) is 1. The molecule has 0 aromatic rings. The van der Waals surface area contributed by atoms with Crippen LogP contribution in [0.5, 0.6) is 0 Å². The lowest BCUT2D eigenvalue weighted by molar-refractivity contribution is 0.166. The molecule has 1 fully saturated rings. The Hall–Kier alpha value is -0.323. The molecule has 10 heteroatoms. The van der Waals surface area contributed by atoms with Crippen LogP contribution in [-0.4, -0.2) is 86.5 Å². The van der Waals surface area contributed by atoms with Crippen molar-refractivity contribution in [2.45, 2.75) is 26.3 Å². The molecule has 7 nitrogen and oxygen atoms in total. The Morgan fingerprint density at radius 2 is 1.79 bits per heavy atom. The molecule has 0 aromatic heterocycles. The van der Waals surface area contributed by atoms with Crippen LogP contribution in [0, 0.1) is 0 Å². The van der Waals surface area contributed by atoms with Gasteiger partial charge in [0.05, 0.1) is 0 Å². The molecule has 1 heterocycles. The van der Waals surface area contributed by atoms with Crippen molar-refractivity contribution in [2.24, 2.45) is 0 Å². The molecule has 0 saturated carbocycles. The van der Waals surface area contributed by atoms with Gasteiger partial charge >= 0.3 is 46.1 Å². The maximum atomic E-state index is 12.1. The second kappa shape index (κ2) is 5.98. The minimum atomic E-state index is -2.77. The van der Waals surface area contributed by atoms with Gasteiger partial charge in [-0.15, -0.1) is 0 Å². The van der Waals surface area contributed by atoms with Gasteiger partial charge in [0.25, 0.3) is 0 Å². The predicted octanol–water partition coefficient (Wildman–Crippen LogP) is -0.759. The highest BCUT2D eigenvalue weighted by Gasteiger charge is 2.63. The summed E-state index contributed by atoms with van der Waals surface area (Å²) < 4.78 is 2.65. The minimum Gasteiger partial charge on any atom is -0.466 e. The van der Waals surface area contributed by atoms with E-state index in [0.717, 1.165) is 4.90 Å². The molecule has 0 atom stereocenters. The molecule has 0 spiro atoms. The Morgan fingerprint density at radius 1 is 1.32 bits per heavy atom. The number of carbonyl (C=O) groups is 4. The first kappa shape index (κ1) is 16.7. The molecule has 4 amide bonds. The third kappa shape index (κ3) is 3.41. The minimum absolute atomic E-state index is 0.136. The van der Waals surface area contributed by atoms with Gasteiger partial charge in [-0.25, -0.2) is 0 Å². The van der Waals surface area contributed by atoms with Gasteiger partial charge in [0.2, 0.25) is 0 Å². The van der Waals surface area contributed by atoms with Gasteiger partial charge in [0.15, 0.2) is 9.54 Å². The lowest BCUT2D eigenvalue weighted by atomic mass is 10.1. The SMILES string of the molecule is C[N]([AlH][C](=O)[NH][AlH2])[C](=O)[Al]1[C](=O)N(C(C)(C)C)[C]1=O. The third-order valence-electron chi connectivity index (χ3n) is 2.89. The Labute approximate surface area is 130 Å². The average Bonchev–Trinajstić information content (AvgIpc) is 2.26. The molecule has 0 aromatic carbocycles. The van der Waals surface area contributed by atoms with Crippen LogP contribution in [0.4, 0.5) is 19.2 Å². The monoisotopic (exact) mass is 311 g/mol. The molecule has 0 aliphatic carbocycles. The third-order valence-corrected chi connectivity index (χ3v) is 8.38. The van der Waals surface area contributed by atoms with Crippen LogP contribution in [0.25, 0.3) is 0 Å². The van der Waals surface area contributed by atoms with E-state index in [0.29, 0.717) is 16.5 Å². The fourth-order valence-electron chi connectivity index (χ4n) is 1.87. The predicted molar refractivity (Wildman–Crippen MR) is 75.5 cm³/mol. The summed E-state index contributed by atoms with van der Waals surface area (Å²) in [6.07, 6.45) is 0. The van der Waals surface area contributed by atoms with Gasteiger partial charge in [-0.1, -0.05) is 0 Å². The van der Waals surface area contributed by atoms with Gasteiger partial charge in [-0.3, -0.25) is 19.2 Å². The van der Waals surface area contributed by atoms with Crippen LogP contribution in [0.2, 0.25) is 0 Å². The summed E-state index contributed by atoms with van der Waals surface area (Å²) in [7, 11) is 1.50. The highest BCUT2D eigenvalue weighted by Crippen LogP contribution is 2.26. The van der Waals surface area contributed by atoms with Crippen molar-refractivity contribution < 1.29 is 19.2 Å². The van der Waals surface area contributed by atoms with Crippen molar-refractivity contribution in [3.63, 3.8) is 0 Å². The van der Waals surface area contributed by atoms with Crippen LogP contribution in [0.1, 0.15) is 20.8 Å². The Bertz CT molecular complexity index is 432. The van der Waals surface area contributed by atoms with Crippen LogP contribution in [0.3, 0.4) is 0 Å². The second-order valence-corrected chi connectivity index (χ2v) is 10.2. The molecule has 1 N–H and O–H groups in total. The van der Waals surface area contributed by atoms with Gasteiger partial charge in [0.1, 0.15) is 9.54 Å². The maximum absolute atomic E-state index is 12.1. The van der Waals surface area contributed by atoms with E-state index >= 15 is 0 Å². The van der Waals surface area contributed by atoms with Crippen molar-refractivity contribution in [1.29, 1.82) is 0 Å². The zero-order valence-corrected chi connectivity index (χ0v) is 16.4. The lowest BCUT2D eigenvalue weighted by Gasteiger charge is -2.43. The number of nitrogens with one attached hydrogen (secondary N) is 1. The molecule has 1 rings (SSSR count). The lowest BCUT2D eigenvalue weighted by Crippen LogP contribution is -2.73. The van der Waals surface area contributed by atoms with E-state index in [1.54, 1.807) is 20.8 Å².